The molecular formula is C22H20Cl2N2O2. The van der Waals surface area contributed by atoms with Crippen molar-refractivity contribution in [1.82, 2.24) is 4.57 Å². The predicted octanol–water partition coefficient (Wildman–Crippen LogP) is 6.42. The van der Waals surface area contributed by atoms with E-state index in [0.717, 1.165) is 22.9 Å². The molecule has 0 bridgehead atoms. The number of rotatable bonds is 8. The van der Waals surface area contributed by atoms with E-state index in [9.17, 15) is 4.79 Å². The van der Waals surface area contributed by atoms with Crippen LogP contribution in [-0.2, 0) is 13.2 Å². The van der Waals surface area contributed by atoms with Gasteiger partial charge in [0.1, 0.15) is 12.4 Å². The summed E-state index contributed by atoms with van der Waals surface area (Å²) in [4.78, 5) is 12.4. The lowest BCUT2D eigenvalue weighted by Gasteiger charge is -2.10. The van der Waals surface area contributed by atoms with E-state index in [1.807, 2.05) is 35.9 Å². The fourth-order valence-corrected chi connectivity index (χ4v) is 3.62. The van der Waals surface area contributed by atoms with E-state index in [0.29, 0.717) is 40.7 Å². The number of fused-ring (bicyclic) bond motifs is 1. The number of benzene rings is 2. The zero-order valence-electron chi connectivity index (χ0n) is 15.5. The molecule has 2 aromatic carbocycles. The maximum atomic E-state index is 12.4. The number of halogens is 2. The molecule has 3 rings (SSSR count). The molecule has 0 saturated heterocycles. The number of carbonyl (C=O) groups excluding carboxylic acids is 1. The molecule has 144 valence electrons. The standard InChI is InChI=1S/C22H20Cl2N2O2/c1-2-22(27)17-13-26(11-4-3-10-25)21-9-8-15(12-16(17)21)28-14-18-19(23)6-5-7-20(18)24/h5-9,12-13H,2-4,11,14H2,1H3. The monoisotopic (exact) mass is 414 g/mol. The number of hydrogen-bond acceptors (Lipinski definition) is 3. The summed E-state index contributed by atoms with van der Waals surface area (Å²) in [5.41, 5.74) is 2.36. The number of nitriles is 1. The largest absolute Gasteiger partial charge is 0.489 e. The fourth-order valence-electron chi connectivity index (χ4n) is 3.12. The summed E-state index contributed by atoms with van der Waals surface area (Å²) in [5, 5.41) is 10.7. The maximum absolute atomic E-state index is 12.4. The number of ketones is 1. The van der Waals surface area contributed by atoms with Crippen LogP contribution >= 0.6 is 23.2 Å². The van der Waals surface area contributed by atoms with Crippen LogP contribution < -0.4 is 4.74 Å². The van der Waals surface area contributed by atoms with Crippen LogP contribution in [0.25, 0.3) is 10.9 Å². The third kappa shape index (κ3) is 4.32. The number of carbonyl (C=O) groups is 1. The molecule has 0 aliphatic carbocycles. The summed E-state index contributed by atoms with van der Waals surface area (Å²) in [7, 11) is 0. The Labute approximate surface area is 174 Å². The van der Waals surface area contributed by atoms with Crippen LogP contribution in [0.15, 0.2) is 42.6 Å². The average Bonchev–Trinajstić information content (AvgIpc) is 3.05. The van der Waals surface area contributed by atoms with Gasteiger partial charge >= 0.3 is 0 Å². The van der Waals surface area contributed by atoms with Gasteiger partial charge in [0.05, 0.1) is 6.07 Å². The van der Waals surface area contributed by atoms with Crippen molar-refractivity contribution in [1.29, 1.82) is 5.26 Å². The molecule has 3 aromatic rings. The Morgan fingerprint density at radius 3 is 2.64 bits per heavy atom. The number of Topliss-reactive ketones (excluding diaryl/α,β-unsaturated/α-hetero) is 1. The molecule has 0 fully saturated rings. The van der Waals surface area contributed by atoms with Gasteiger partial charge in [-0.2, -0.15) is 5.26 Å². The first kappa shape index (κ1) is 20.3. The summed E-state index contributed by atoms with van der Waals surface area (Å²) < 4.78 is 7.94. The highest BCUT2D eigenvalue weighted by Gasteiger charge is 2.15. The lowest BCUT2D eigenvalue weighted by Crippen LogP contribution is -1.98. The topological polar surface area (TPSA) is 55.0 Å². The van der Waals surface area contributed by atoms with Crippen molar-refractivity contribution >= 4 is 39.9 Å². The van der Waals surface area contributed by atoms with Crippen LogP contribution in [0.5, 0.6) is 5.75 Å². The van der Waals surface area contributed by atoms with Gasteiger partial charge in [0.25, 0.3) is 0 Å². The van der Waals surface area contributed by atoms with Crippen molar-refractivity contribution in [3.63, 3.8) is 0 Å². The van der Waals surface area contributed by atoms with Gasteiger partial charge in [-0.05, 0) is 36.8 Å². The van der Waals surface area contributed by atoms with E-state index in [2.05, 4.69) is 6.07 Å². The molecule has 0 atom stereocenters. The number of nitrogens with zero attached hydrogens (tertiary/aromatic N) is 2. The van der Waals surface area contributed by atoms with E-state index >= 15 is 0 Å². The molecule has 0 unspecified atom stereocenters. The first-order valence-corrected chi connectivity index (χ1v) is 9.89. The molecule has 0 amide bonds. The Balaban J connectivity index is 1.91. The average molecular weight is 415 g/mol. The first-order chi connectivity index (χ1) is 13.5. The van der Waals surface area contributed by atoms with Gasteiger partial charge in [0.2, 0.25) is 0 Å². The lowest BCUT2D eigenvalue weighted by atomic mass is 10.1. The molecule has 1 heterocycles. The number of aromatic nitrogens is 1. The Morgan fingerprint density at radius 1 is 1.21 bits per heavy atom. The van der Waals surface area contributed by atoms with E-state index < -0.39 is 0 Å². The summed E-state index contributed by atoms with van der Waals surface area (Å²) in [6, 6.07) is 13.2. The van der Waals surface area contributed by atoms with Crippen LogP contribution in [0, 0.1) is 11.3 Å². The van der Waals surface area contributed by atoms with Gasteiger partial charge < -0.3 is 9.30 Å². The van der Waals surface area contributed by atoms with Crippen molar-refractivity contribution in [2.45, 2.75) is 39.3 Å². The summed E-state index contributed by atoms with van der Waals surface area (Å²) in [6.45, 7) is 2.78. The highest BCUT2D eigenvalue weighted by Crippen LogP contribution is 2.30. The summed E-state index contributed by atoms with van der Waals surface area (Å²) >= 11 is 12.4. The van der Waals surface area contributed by atoms with Gasteiger partial charge in [-0.15, -0.1) is 0 Å². The van der Waals surface area contributed by atoms with Crippen molar-refractivity contribution in [3.05, 3.63) is 63.8 Å². The third-order valence-corrected chi connectivity index (χ3v) is 5.31. The normalized spacial score (nSPS) is 10.8. The molecule has 0 saturated carbocycles. The summed E-state index contributed by atoms with van der Waals surface area (Å²) in [6.07, 6.45) is 3.53. The molecule has 0 radical (unpaired) electrons. The second-order valence-electron chi connectivity index (χ2n) is 6.44. The number of hydrogen-bond donors (Lipinski definition) is 0. The van der Waals surface area contributed by atoms with Gasteiger partial charge in [0.15, 0.2) is 5.78 Å². The molecule has 0 N–H and O–H groups in total. The smallest absolute Gasteiger partial charge is 0.164 e. The number of aryl methyl sites for hydroxylation is 1. The first-order valence-electron chi connectivity index (χ1n) is 9.14. The molecule has 28 heavy (non-hydrogen) atoms. The molecule has 0 aliphatic rings. The van der Waals surface area contributed by atoms with Crippen molar-refractivity contribution in [2.75, 3.05) is 0 Å². The van der Waals surface area contributed by atoms with Crippen LogP contribution in [0.4, 0.5) is 0 Å². The lowest BCUT2D eigenvalue weighted by molar-refractivity contribution is 0.0989. The van der Waals surface area contributed by atoms with E-state index in [1.165, 1.54) is 0 Å². The van der Waals surface area contributed by atoms with Crippen molar-refractivity contribution < 1.29 is 9.53 Å². The Kier molecular flexibility index (Phi) is 6.61. The van der Waals surface area contributed by atoms with Crippen LogP contribution in [0.2, 0.25) is 10.0 Å². The highest BCUT2D eigenvalue weighted by molar-refractivity contribution is 6.35. The minimum absolute atomic E-state index is 0.0790. The van der Waals surface area contributed by atoms with Crippen molar-refractivity contribution in [2.24, 2.45) is 0 Å². The molecule has 4 nitrogen and oxygen atoms in total. The molecule has 0 spiro atoms. The van der Waals surface area contributed by atoms with Crippen LogP contribution in [-0.4, -0.2) is 10.4 Å². The van der Waals surface area contributed by atoms with Crippen LogP contribution in [0.3, 0.4) is 0 Å². The van der Waals surface area contributed by atoms with E-state index in [1.54, 1.807) is 18.2 Å². The van der Waals surface area contributed by atoms with E-state index in [4.69, 9.17) is 33.2 Å². The third-order valence-electron chi connectivity index (χ3n) is 4.61. The minimum Gasteiger partial charge on any atom is -0.489 e. The van der Waals surface area contributed by atoms with E-state index in [-0.39, 0.29) is 12.4 Å². The molecular weight excluding hydrogens is 395 g/mol. The highest BCUT2D eigenvalue weighted by atomic mass is 35.5. The SMILES string of the molecule is CCC(=O)c1cn(CCCC#N)c2ccc(OCc3c(Cl)cccc3Cl)cc12. The fraction of sp³-hybridized carbons (Fsp3) is 0.273. The molecule has 6 heteroatoms. The van der Waals surface area contributed by atoms with Crippen molar-refractivity contribution in [3.8, 4) is 11.8 Å². The zero-order valence-corrected chi connectivity index (χ0v) is 17.1. The predicted molar refractivity (Wildman–Crippen MR) is 112 cm³/mol. The van der Waals surface area contributed by atoms with Gasteiger partial charge in [0, 0.05) is 57.7 Å². The Hall–Kier alpha value is -2.48. The van der Waals surface area contributed by atoms with Crippen LogP contribution in [0.1, 0.15) is 42.1 Å². The van der Waals surface area contributed by atoms with Gasteiger partial charge in [-0.3, -0.25) is 4.79 Å². The molecule has 0 aliphatic heterocycles. The second kappa shape index (κ2) is 9.14. The Morgan fingerprint density at radius 2 is 1.96 bits per heavy atom. The minimum atomic E-state index is 0.0790. The molecule has 1 aromatic heterocycles. The van der Waals surface area contributed by atoms with Gasteiger partial charge in [-0.1, -0.05) is 36.2 Å². The zero-order chi connectivity index (χ0) is 20.1. The number of unbranched alkanes of at least 4 members (excludes halogenated alkanes) is 1. The number of ether oxygens (including phenoxy) is 1. The Bertz CT molecular complexity index is 1030. The van der Waals surface area contributed by atoms with Gasteiger partial charge in [-0.25, -0.2) is 0 Å². The quantitative estimate of drug-likeness (QED) is 0.315. The maximum Gasteiger partial charge on any atom is 0.164 e. The summed E-state index contributed by atoms with van der Waals surface area (Å²) in [5.74, 6) is 0.721. The second-order valence-corrected chi connectivity index (χ2v) is 7.26.